The van der Waals surface area contributed by atoms with E-state index in [1.165, 1.54) is 0 Å². The lowest BCUT2D eigenvalue weighted by Gasteiger charge is -2.15. The molecule has 0 aliphatic rings. The topological polar surface area (TPSA) is 77.2 Å². The summed E-state index contributed by atoms with van der Waals surface area (Å²) in [4.78, 5) is 16.1. The maximum atomic E-state index is 10.4. The number of nitriles is 1. The molecule has 0 spiro atoms. The van der Waals surface area contributed by atoms with Crippen molar-refractivity contribution in [2.75, 3.05) is 13.6 Å². The number of rotatable bonds is 5. The number of nitrogens with zero attached hydrogens (tertiary/aromatic N) is 3. The van der Waals surface area contributed by atoms with Crippen LogP contribution in [0.2, 0.25) is 0 Å². The van der Waals surface area contributed by atoms with Crippen molar-refractivity contribution < 1.29 is 9.90 Å². The second-order valence-corrected chi connectivity index (χ2v) is 3.54. The van der Waals surface area contributed by atoms with Crippen LogP contribution in [-0.2, 0) is 11.3 Å². The van der Waals surface area contributed by atoms with Crippen LogP contribution in [0.1, 0.15) is 17.7 Å². The molecule has 1 rings (SSSR count). The number of hydrogen-bond donors (Lipinski definition) is 1. The van der Waals surface area contributed by atoms with Gasteiger partial charge in [0.25, 0.3) is 0 Å². The first-order chi connectivity index (χ1) is 7.61. The Morgan fingerprint density at radius 1 is 1.69 bits per heavy atom. The van der Waals surface area contributed by atoms with Crippen LogP contribution in [0.25, 0.3) is 0 Å². The highest BCUT2D eigenvalue weighted by Crippen LogP contribution is 2.04. The van der Waals surface area contributed by atoms with Gasteiger partial charge in [0, 0.05) is 19.3 Å². The van der Waals surface area contributed by atoms with Crippen LogP contribution in [-0.4, -0.2) is 34.6 Å². The normalized spacial score (nSPS) is 10.1. The first-order valence-corrected chi connectivity index (χ1v) is 4.87. The van der Waals surface area contributed by atoms with Crippen molar-refractivity contribution in [1.29, 1.82) is 5.26 Å². The smallest absolute Gasteiger partial charge is 0.304 e. The van der Waals surface area contributed by atoms with E-state index in [2.05, 4.69) is 4.98 Å². The molecule has 0 aliphatic carbocycles. The number of carboxylic acids is 1. The van der Waals surface area contributed by atoms with Gasteiger partial charge in [-0.15, -0.1) is 0 Å². The fourth-order valence-corrected chi connectivity index (χ4v) is 1.31. The predicted molar refractivity (Wildman–Crippen MR) is 57.5 cm³/mol. The van der Waals surface area contributed by atoms with Crippen LogP contribution in [0.15, 0.2) is 18.3 Å². The highest BCUT2D eigenvalue weighted by molar-refractivity contribution is 5.66. The van der Waals surface area contributed by atoms with Crippen molar-refractivity contribution >= 4 is 5.97 Å². The zero-order chi connectivity index (χ0) is 12.0. The Balaban J connectivity index is 2.52. The average molecular weight is 219 g/mol. The molecule has 1 aromatic heterocycles. The number of carbonyl (C=O) groups is 1. The van der Waals surface area contributed by atoms with Crippen LogP contribution >= 0.6 is 0 Å². The van der Waals surface area contributed by atoms with Crippen molar-refractivity contribution in [2.45, 2.75) is 13.0 Å². The van der Waals surface area contributed by atoms with E-state index in [-0.39, 0.29) is 6.42 Å². The molecule has 16 heavy (non-hydrogen) atoms. The molecular weight excluding hydrogens is 206 g/mol. The highest BCUT2D eigenvalue weighted by atomic mass is 16.4. The lowest BCUT2D eigenvalue weighted by Crippen LogP contribution is -2.21. The molecule has 0 aromatic carbocycles. The third-order valence-electron chi connectivity index (χ3n) is 2.10. The van der Waals surface area contributed by atoms with E-state index in [0.29, 0.717) is 18.8 Å². The maximum Gasteiger partial charge on any atom is 0.304 e. The summed E-state index contributed by atoms with van der Waals surface area (Å²) >= 11 is 0. The molecule has 5 nitrogen and oxygen atoms in total. The second kappa shape index (κ2) is 5.83. The van der Waals surface area contributed by atoms with Gasteiger partial charge in [0.2, 0.25) is 0 Å². The molecule has 84 valence electrons. The second-order valence-electron chi connectivity index (χ2n) is 3.54. The quantitative estimate of drug-likeness (QED) is 0.794. The Labute approximate surface area is 93.9 Å². The van der Waals surface area contributed by atoms with Crippen LogP contribution in [0.4, 0.5) is 0 Å². The molecule has 0 saturated heterocycles. The zero-order valence-corrected chi connectivity index (χ0v) is 9.05. The highest BCUT2D eigenvalue weighted by Gasteiger charge is 2.04. The number of pyridine rings is 1. The zero-order valence-electron chi connectivity index (χ0n) is 9.05. The summed E-state index contributed by atoms with van der Waals surface area (Å²) in [5, 5.41) is 17.2. The van der Waals surface area contributed by atoms with Gasteiger partial charge in [0.05, 0.1) is 6.42 Å². The lowest BCUT2D eigenvalue weighted by atomic mass is 10.2. The number of hydrogen-bond acceptors (Lipinski definition) is 4. The summed E-state index contributed by atoms with van der Waals surface area (Å²) in [7, 11) is 1.84. The van der Waals surface area contributed by atoms with Gasteiger partial charge >= 0.3 is 5.97 Å². The average Bonchev–Trinajstić information content (AvgIpc) is 2.26. The predicted octanol–water partition coefficient (Wildman–Crippen LogP) is 0.860. The lowest BCUT2D eigenvalue weighted by molar-refractivity contribution is -0.137. The minimum atomic E-state index is -0.806. The van der Waals surface area contributed by atoms with Gasteiger partial charge in [0.1, 0.15) is 11.8 Å². The summed E-state index contributed by atoms with van der Waals surface area (Å²) < 4.78 is 0. The summed E-state index contributed by atoms with van der Waals surface area (Å²) in [5.41, 5.74) is 1.34. The van der Waals surface area contributed by atoms with E-state index in [9.17, 15) is 4.79 Å². The Bertz CT molecular complexity index is 412. The van der Waals surface area contributed by atoms with Crippen molar-refractivity contribution in [3.8, 4) is 6.07 Å². The molecule has 0 fully saturated rings. The molecule has 0 radical (unpaired) electrons. The van der Waals surface area contributed by atoms with Gasteiger partial charge < -0.3 is 10.0 Å². The van der Waals surface area contributed by atoms with Crippen LogP contribution < -0.4 is 0 Å². The molecule has 0 atom stereocenters. The van der Waals surface area contributed by atoms with E-state index in [1.54, 1.807) is 12.3 Å². The Morgan fingerprint density at radius 2 is 2.44 bits per heavy atom. The van der Waals surface area contributed by atoms with Gasteiger partial charge in [-0.25, -0.2) is 4.98 Å². The minimum Gasteiger partial charge on any atom is -0.481 e. The first-order valence-electron chi connectivity index (χ1n) is 4.87. The van der Waals surface area contributed by atoms with Gasteiger partial charge in [-0.1, -0.05) is 0 Å². The molecule has 0 bridgehead atoms. The molecular formula is C11H13N3O2. The van der Waals surface area contributed by atoms with Crippen molar-refractivity contribution in [2.24, 2.45) is 0 Å². The van der Waals surface area contributed by atoms with Crippen LogP contribution in [0.5, 0.6) is 0 Å². The van der Waals surface area contributed by atoms with Gasteiger partial charge in [0.15, 0.2) is 0 Å². The van der Waals surface area contributed by atoms with E-state index in [4.69, 9.17) is 10.4 Å². The SMILES string of the molecule is CN(CCC(=O)O)Cc1ccnc(C#N)c1. The fourth-order valence-electron chi connectivity index (χ4n) is 1.31. The third-order valence-corrected chi connectivity index (χ3v) is 2.10. The maximum absolute atomic E-state index is 10.4. The third kappa shape index (κ3) is 4.07. The molecule has 5 heteroatoms. The van der Waals surface area contributed by atoms with Crippen molar-refractivity contribution in [3.05, 3.63) is 29.6 Å². The Hall–Kier alpha value is -1.93. The van der Waals surface area contributed by atoms with Crippen molar-refractivity contribution in [1.82, 2.24) is 9.88 Å². The minimum absolute atomic E-state index is 0.118. The molecule has 0 amide bonds. The van der Waals surface area contributed by atoms with E-state index < -0.39 is 5.97 Å². The first kappa shape index (κ1) is 12.1. The van der Waals surface area contributed by atoms with E-state index in [0.717, 1.165) is 5.56 Å². The largest absolute Gasteiger partial charge is 0.481 e. The monoisotopic (exact) mass is 219 g/mol. The Morgan fingerprint density at radius 3 is 3.06 bits per heavy atom. The standard InChI is InChI=1S/C11H13N3O2/c1-14(5-3-11(15)16)8-9-2-4-13-10(6-9)7-12/h2,4,6H,3,5,8H2,1H3,(H,15,16). The molecule has 1 aromatic rings. The Kier molecular flexibility index (Phi) is 4.42. The van der Waals surface area contributed by atoms with Crippen LogP contribution in [0.3, 0.4) is 0 Å². The van der Waals surface area contributed by atoms with Gasteiger partial charge in [-0.3, -0.25) is 4.79 Å². The summed E-state index contributed by atoms with van der Waals surface area (Å²) in [5.74, 6) is -0.806. The van der Waals surface area contributed by atoms with Gasteiger partial charge in [-0.2, -0.15) is 5.26 Å². The molecule has 0 unspecified atom stereocenters. The molecule has 1 heterocycles. The molecule has 0 aliphatic heterocycles. The summed E-state index contributed by atoms with van der Waals surface area (Å²) in [6.45, 7) is 1.10. The summed E-state index contributed by atoms with van der Waals surface area (Å²) in [6, 6.07) is 5.49. The van der Waals surface area contributed by atoms with Gasteiger partial charge in [-0.05, 0) is 24.7 Å². The number of aromatic nitrogens is 1. The molecule has 1 N–H and O–H groups in total. The number of carboxylic acid groups (broad SMARTS) is 1. The van der Waals surface area contributed by atoms with Crippen LogP contribution in [0, 0.1) is 11.3 Å². The van der Waals surface area contributed by atoms with E-state index in [1.807, 2.05) is 24.1 Å². The fraction of sp³-hybridized carbons (Fsp3) is 0.364. The van der Waals surface area contributed by atoms with Crippen molar-refractivity contribution in [3.63, 3.8) is 0 Å². The number of aliphatic carboxylic acids is 1. The summed E-state index contributed by atoms with van der Waals surface area (Å²) in [6.07, 6.45) is 1.70. The molecule has 0 saturated carbocycles. The van der Waals surface area contributed by atoms with E-state index >= 15 is 0 Å².